The molecule has 0 fully saturated rings. The van der Waals surface area contributed by atoms with E-state index in [9.17, 15) is 4.79 Å². The fourth-order valence-electron chi connectivity index (χ4n) is 1.97. The van der Waals surface area contributed by atoms with Gasteiger partial charge in [0.25, 0.3) is 5.22 Å². The normalized spacial score (nSPS) is 10.7. The lowest BCUT2D eigenvalue weighted by molar-refractivity contribution is -0.113. The van der Waals surface area contributed by atoms with Crippen molar-refractivity contribution < 1.29 is 9.21 Å². The highest BCUT2D eigenvalue weighted by atomic mass is 127. The van der Waals surface area contributed by atoms with E-state index in [0.29, 0.717) is 11.1 Å². The number of carbonyl (C=O) groups is 1. The molecule has 25 heavy (non-hydrogen) atoms. The molecule has 1 aromatic heterocycles. The molecule has 0 aliphatic rings. The Balaban J connectivity index is 1.57. The molecular formula is C17H13BrIN3O2S. The van der Waals surface area contributed by atoms with E-state index in [4.69, 9.17) is 4.42 Å². The van der Waals surface area contributed by atoms with E-state index >= 15 is 0 Å². The number of carbonyl (C=O) groups excluding carboxylic acids is 1. The van der Waals surface area contributed by atoms with Crippen molar-refractivity contribution >= 4 is 61.9 Å². The van der Waals surface area contributed by atoms with Crippen LogP contribution < -0.4 is 5.32 Å². The van der Waals surface area contributed by atoms with Crippen molar-refractivity contribution in [3.05, 3.63) is 56.1 Å². The summed E-state index contributed by atoms with van der Waals surface area (Å²) >= 11 is 6.90. The maximum atomic E-state index is 12.1. The summed E-state index contributed by atoms with van der Waals surface area (Å²) in [6.07, 6.45) is 0. The van der Waals surface area contributed by atoms with Gasteiger partial charge in [-0.2, -0.15) is 0 Å². The van der Waals surface area contributed by atoms with Gasteiger partial charge in [0.05, 0.1) is 5.75 Å². The molecule has 1 heterocycles. The summed E-state index contributed by atoms with van der Waals surface area (Å²) < 4.78 is 7.69. The molecule has 0 unspecified atom stereocenters. The quantitative estimate of drug-likeness (QED) is 0.366. The van der Waals surface area contributed by atoms with Crippen LogP contribution in [0.2, 0.25) is 0 Å². The molecule has 0 aliphatic heterocycles. The minimum Gasteiger partial charge on any atom is -0.411 e. The van der Waals surface area contributed by atoms with Gasteiger partial charge in [-0.15, -0.1) is 10.2 Å². The molecule has 0 atom stereocenters. The highest BCUT2D eigenvalue weighted by molar-refractivity contribution is 14.1. The van der Waals surface area contributed by atoms with E-state index in [2.05, 4.69) is 54.0 Å². The average molecular weight is 530 g/mol. The van der Waals surface area contributed by atoms with E-state index in [1.54, 1.807) is 0 Å². The Hall–Kier alpha value is -1.39. The highest BCUT2D eigenvalue weighted by Gasteiger charge is 2.11. The molecule has 1 N–H and O–H groups in total. The lowest BCUT2D eigenvalue weighted by Crippen LogP contribution is -2.14. The number of hydrogen-bond donors (Lipinski definition) is 1. The van der Waals surface area contributed by atoms with Crippen LogP contribution in [0.4, 0.5) is 5.69 Å². The summed E-state index contributed by atoms with van der Waals surface area (Å²) in [4.78, 5) is 12.1. The first kappa shape index (κ1) is 18.4. The minimum atomic E-state index is -0.130. The third-order valence-corrected chi connectivity index (χ3v) is 5.67. The topological polar surface area (TPSA) is 68.0 Å². The molecule has 1 amide bonds. The summed E-state index contributed by atoms with van der Waals surface area (Å²) in [6.45, 7) is 1.99. The monoisotopic (exact) mass is 529 g/mol. The molecule has 0 aliphatic carbocycles. The first-order valence-electron chi connectivity index (χ1n) is 7.29. The Morgan fingerprint density at radius 2 is 2.00 bits per heavy atom. The van der Waals surface area contributed by atoms with Crippen LogP contribution in [-0.2, 0) is 4.79 Å². The lowest BCUT2D eigenvalue weighted by atomic mass is 10.2. The van der Waals surface area contributed by atoms with E-state index < -0.39 is 0 Å². The fraction of sp³-hybridized carbons (Fsp3) is 0.118. The third kappa shape index (κ3) is 5.05. The van der Waals surface area contributed by atoms with Crippen LogP contribution in [0.25, 0.3) is 11.5 Å². The van der Waals surface area contributed by atoms with Crippen LogP contribution >= 0.6 is 50.3 Å². The summed E-state index contributed by atoms with van der Waals surface area (Å²) in [7, 11) is 0. The van der Waals surface area contributed by atoms with Gasteiger partial charge >= 0.3 is 0 Å². The minimum absolute atomic E-state index is 0.130. The number of nitrogens with zero attached hydrogens (tertiary/aromatic N) is 2. The Labute approximate surface area is 171 Å². The molecule has 3 aromatic rings. The van der Waals surface area contributed by atoms with Crippen molar-refractivity contribution in [2.45, 2.75) is 12.1 Å². The molecule has 8 heteroatoms. The number of anilines is 1. The van der Waals surface area contributed by atoms with E-state index in [-0.39, 0.29) is 11.7 Å². The van der Waals surface area contributed by atoms with Crippen molar-refractivity contribution in [3.63, 3.8) is 0 Å². The molecular weight excluding hydrogens is 517 g/mol. The number of benzene rings is 2. The fourth-order valence-corrected chi connectivity index (χ4v) is 3.27. The number of amides is 1. The van der Waals surface area contributed by atoms with Gasteiger partial charge in [-0.25, -0.2) is 0 Å². The standard InChI is InChI=1S/C17H13BrIN3O2S/c1-10-2-7-13(8-14(10)18)20-15(23)9-25-17-22-21-16(24-17)11-3-5-12(19)6-4-11/h2-8H,9H2,1H3,(H,20,23). The summed E-state index contributed by atoms with van der Waals surface area (Å²) in [5.74, 6) is 0.511. The highest BCUT2D eigenvalue weighted by Crippen LogP contribution is 2.24. The average Bonchev–Trinajstić information content (AvgIpc) is 3.06. The predicted octanol–water partition coefficient (Wildman–Crippen LogP) is 5.14. The number of nitrogens with one attached hydrogen (secondary N) is 1. The zero-order valence-corrected chi connectivity index (χ0v) is 17.7. The molecule has 0 saturated carbocycles. The number of aryl methyl sites for hydroxylation is 1. The zero-order valence-electron chi connectivity index (χ0n) is 13.1. The first-order valence-corrected chi connectivity index (χ1v) is 10.2. The van der Waals surface area contributed by atoms with E-state index in [0.717, 1.165) is 24.9 Å². The van der Waals surface area contributed by atoms with Gasteiger partial charge in [0.15, 0.2) is 0 Å². The number of aromatic nitrogens is 2. The number of rotatable bonds is 5. The SMILES string of the molecule is Cc1ccc(NC(=O)CSc2nnc(-c3ccc(I)cc3)o2)cc1Br. The molecule has 3 rings (SSSR count). The van der Waals surface area contributed by atoms with Crippen molar-refractivity contribution in [1.82, 2.24) is 10.2 Å². The Morgan fingerprint density at radius 1 is 1.24 bits per heavy atom. The maximum Gasteiger partial charge on any atom is 0.277 e. The van der Waals surface area contributed by atoms with Gasteiger partial charge in [0.2, 0.25) is 11.8 Å². The van der Waals surface area contributed by atoms with Gasteiger partial charge in [-0.05, 0) is 71.5 Å². The largest absolute Gasteiger partial charge is 0.411 e. The second kappa shape index (κ2) is 8.33. The Morgan fingerprint density at radius 3 is 2.72 bits per heavy atom. The van der Waals surface area contributed by atoms with Gasteiger partial charge in [-0.1, -0.05) is 33.8 Å². The molecule has 0 bridgehead atoms. The summed E-state index contributed by atoms with van der Waals surface area (Å²) in [5, 5.41) is 11.2. The van der Waals surface area contributed by atoms with Crippen LogP contribution in [0.1, 0.15) is 5.56 Å². The molecule has 0 radical (unpaired) electrons. The lowest BCUT2D eigenvalue weighted by Gasteiger charge is -2.06. The van der Waals surface area contributed by atoms with Crippen LogP contribution in [0.5, 0.6) is 0 Å². The van der Waals surface area contributed by atoms with Crippen molar-refractivity contribution in [2.24, 2.45) is 0 Å². The molecule has 0 spiro atoms. The molecule has 0 saturated heterocycles. The van der Waals surface area contributed by atoms with E-state index in [1.165, 1.54) is 11.8 Å². The number of halogens is 2. The van der Waals surface area contributed by atoms with Crippen molar-refractivity contribution in [3.8, 4) is 11.5 Å². The van der Waals surface area contributed by atoms with Crippen LogP contribution in [0.3, 0.4) is 0 Å². The van der Waals surface area contributed by atoms with Crippen molar-refractivity contribution in [1.29, 1.82) is 0 Å². The van der Waals surface area contributed by atoms with Crippen LogP contribution in [0.15, 0.2) is 56.6 Å². The van der Waals surface area contributed by atoms with E-state index in [1.807, 2.05) is 49.4 Å². The molecule has 2 aromatic carbocycles. The Kier molecular flexibility index (Phi) is 6.13. The second-order valence-electron chi connectivity index (χ2n) is 5.18. The Bertz CT molecular complexity index is 899. The van der Waals surface area contributed by atoms with Gasteiger partial charge in [0, 0.05) is 19.3 Å². The molecule has 128 valence electrons. The first-order chi connectivity index (χ1) is 12.0. The van der Waals surface area contributed by atoms with Crippen molar-refractivity contribution in [2.75, 3.05) is 11.1 Å². The smallest absolute Gasteiger partial charge is 0.277 e. The number of thioether (sulfide) groups is 1. The number of hydrogen-bond acceptors (Lipinski definition) is 5. The zero-order chi connectivity index (χ0) is 17.8. The summed E-state index contributed by atoms with van der Waals surface area (Å²) in [5.41, 5.74) is 2.71. The predicted molar refractivity (Wildman–Crippen MR) is 111 cm³/mol. The van der Waals surface area contributed by atoms with Gasteiger partial charge in [-0.3, -0.25) is 4.79 Å². The second-order valence-corrected chi connectivity index (χ2v) is 8.21. The van der Waals surface area contributed by atoms with Gasteiger partial charge in [0.1, 0.15) is 0 Å². The third-order valence-electron chi connectivity index (χ3n) is 3.28. The van der Waals surface area contributed by atoms with Crippen LogP contribution in [-0.4, -0.2) is 21.9 Å². The van der Waals surface area contributed by atoms with Crippen LogP contribution in [0, 0.1) is 10.5 Å². The molecule has 5 nitrogen and oxygen atoms in total. The summed E-state index contributed by atoms with van der Waals surface area (Å²) in [6, 6.07) is 13.5. The van der Waals surface area contributed by atoms with Gasteiger partial charge < -0.3 is 9.73 Å². The maximum absolute atomic E-state index is 12.1.